The summed E-state index contributed by atoms with van der Waals surface area (Å²) >= 11 is 0. The van der Waals surface area contributed by atoms with Gasteiger partial charge in [0.05, 0.1) is 17.9 Å². The van der Waals surface area contributed by atoms with Crippen LogP contribution in [0.2, 0.25) is 0 Å². The first-order valence-electron chi connectivity index (χ1n) is 9.20. The Labute approximate surface area is 168 Å². The Morgan fingerprint density at radius 1 is 1.11 bits per heavy atom. The zero-order valence-corrected chi connectivity index (χ0v) is 19.4. The van der Waals surface area contributed by atoms with E-state index in [2.05, 4.69) is 10.5 Å². The Bertz CT molecular complexity index is 592. The number of phosphoric ester groups is 1. The maximum atomic E-state index is 12.2. The van der Waals surface area contributed by atoms with Crippen LogP contribution in [-0.2, 0) is 23.2 Å². The molecule has 0 aliphatic carbocycles. The second-order valence-electron chi connectivity index (χ2n) is 9.41. The molecule has 166 valence electrons. The second kappa shape index (κ2) is 10.2. The lowest BCUT2D eigenvalue weighted by atomic mass is 9.87. The van der Waals surface area contributed by atoms with Crippen LogP contribution in [0, 0.1) is 5.41 Å². The van der Waals surface area contributed by atoms with E-state index in [4.69, 9.17) is 13.9 Å². The summed E-state index contributed by atoms with van der Waals surface area (Å²) in [5.41, 5.74) is -1.68. The molecule has 0 aliphatic rings. The van der Waals surface area contributed by atoms with Crippen molar-refractivity contribution in [3.05, 3.63) is 0 Å². The number of oxime groups is 1. The van der Waals surface area contributed by atoms with Gasteiger partial charge in [-0.3, -0.25) is 13.8 Å². The zero-order valence-electron chi connectivity index (χ0n) is 18.5. The molecule has 2 atom stereocenters. The first-order chi connectivity index (χ1) is 12.3. The lowest BCUT2D eigenvalue weighted by Gasteiger charge is -2.31. The zero-order chi connectivity index (χ0) is 22.4. The number of carbonyl (C=O) groups is 1. The molecule has 0 heterocycles. The van der Waals surface area contributed by atoms with E-state index in [0.29, 0.717) is 12.1 Å². The van der Waals surface area contributed by atoms with Gasteiger partial charge in [0.1, 0.15) is 11.7 Å². The summed E-state index contributed by atoms with van der Waals surface area (Å²) in [6.07, 6.45) is -0.985. The van der Waals surface area contributed by atoms with Gasteiger partial charge in [0, 0.05) is 18.4 Å². The van der Waals surface area contributed by atoms with Crippen LogP contribution in [0.4, 0.5) is 0 Å². The number of hydrogen-bond donors (Lipinski definition) is 3. The summed E-state index contributed by atoms with van der Waals surface area (Å²) in [7, 11) is -4.31. The molecule has 0 aromatic rings. The average molecular weight is 424 g/mol. The number of aliphatic hydroxyl groups excluding tert-OH is 1. The lowest BCUT2D eigenvalue weighted by molar-refractivity contribution is -0.137. The molecule has 0 aromatic heterocycles. The maximum Gasteiger partial charge on any atom is 0.472 e. The lowest BCUT2D eigenvalue weighted by Crippen LogP contribution is -2.46. The van der Waals surface area contributed by atoms with Crippen molar-refractivity contribution in [3.8, 4) is 0 Å². The van der Waals surface area contributed by atoms with Crippen LogP contribution in [-0.4, -0.2) is 52.1 Å². The fraction of sp³-hybridized carbons (Fsp3) is 0.889. The Hall–Kier alpha value is -0.990. The number of phosphoric acid groups is 1. The van der Waals surface area contributed by atoms with Gasteiger partial charge in [0.15, 0.2) is 0 Å². The highest BCUT2D eigenvalue weighted by Crippen LogP contribution is 2.48. The van der Waals surface area contributed by atoms with Crippen molar-refractivity contribution in [1.82, 2.24) is 5.32 Å². The van der Waals surface area contributed by atoms with Crippen LogP contribution in [0.25, 0.3) is 0 Å². The van der Waals surface area contributed by atoms with Gasteiger partial charge in [-0.2, -0.15) is 0 Å². The molecule has 10 heteroatoms. The van der Waals surface area contributed by atoms with Gasteiger partial charge < -0.3 is 20.2 Å². The normalized spacial score (nSPS) is 17.0. The monoisotopic (exact) mass is 424 g/mol. The molecule has 0 fully saturated rings. The van der Waals surface area contributed by atoms with Crippen molar-refractivity contribution in [2.45, 2.75) is 86.0 Å². The third kappa shape index (κ3) is 12.5. The molecule has 0 spiro atoms. The topological polar surface area (TPSA) is 127 Å². The van der Waals surface area contributed by atoms with Gasteiger partial charge in [-0.25, -0.2) is 4.57 Å². The van der Waals surface area contributed by atoms with Crippen LogP contribution in [0.15, 0.2) is 5.16 Å². The summed E-state index contributed by atoms with van der Waals surface area (Å²) in [6.45, 7) is 15.3. The molecule has 0 bridgehead atoms. The Balaban J connectivity index is 4.58. The van der Waals surface area contributed by atoms with Crippen LogP contribution in [0.1, 0.15) is 68.7 Å². The molecule has 0 rings (SSSR count). The summed E-state index contributed by atoms with van der Waals surface area (Å²) in [6, 6.07) is 0. The molecular weight excluding hydrogens is 387 g/mol. The highest BCUT2D eigenvalue weighted by molar-refractivity contribution is 7.47. The number of amides is 1. The SMILES string of the molecule is C/C(CCNC(=O)C(O)C(C)(C)COP(=O)(O)OC(C)(C)C)=N\OC(C)(C)C. The van der Waals surface area contributed by atoms with Crippen molar-refractivity contribution in [2.75, 3.05) is 13.2 Å². The van der Waals surface area contributed by atoms with Gasteiger partial charge in [0.25, 0.3) is 0 Å². The largest absolute Gasteiger partial charge is 0.472 e. The van der Waals surface area contributed by atoms with E-state index in [0.717, 1.165) is 0 Å². The van der Waals surface area contributed by atoms with Gasteiger partial charge in [0.2, 0.25) is 5.91 Å². The summed E-state index contributed by atoms with van der Waals surface area (Å²) in [5.74, 6) is -0.609. The highest BCUT2D eigenvalue weighted by atomic mass is 31.2. The van der Waals surface area contributed by atoms with Gasteiger partial charge in [-0.05, 0) is 48.5 Å². The first-order valence-corrected chi connectivity index (χ1v) is 10.7. The van der Waals surface area contributed by atoms with Crippen molar-refractivity contribution in [1.29, 1.82) is 0 Å². The minimum absolute atomic E-state index is 0.265. The molecule has 2 unspecified atom stereocenters. The van der Waals surface area contributed by atoms with E-state index in [9.17, 15) is 19.4 Å². The highest BCUT2D eigenvalue weighted by Gasteiger charge is 2.38. The molecule has 28 heavy (non-hydrogen) atoms. The molecule has 3 N–H and O–H groups in total. The Morgan fingerprint density at radius 3 is 2.11 bits per heavy atom. The molecule has 1 amide bonds. The van der Waals surface area contributed by atoms with Gasteiger partial charge in [-0.15, -0.1) is 0 Å². The number of hydrogen-bond acceptors (Lipinski definition) is 7. The third-order valence-corrected chi connectivity index (χ3v) is 4.47. The van der Waals surface area contributed by atoms with Crippen LogP contribution < -0.4 is 5.32 Å². The molecule has 0 saturated carbocycles. The molecule has 9 nitrogen and oxygen atoms in total. The van der Waals surface area contributed by atoms with E-state index in [1.807, 2.05) is 20.8 Å². The number of aliphatic hydroxyl groups is 1. The van der Waals surface area contributed by atoms with Crippen LogP contribution >= 0.6 is 7.82 Å². The van der Waals surface area contributed by atoms with Crippen LogP contribution in [0.5, 0.6) is 0 Å². The van der Waals surface area contributed by atoms with E-state index in [1.165, 1.54) is 0 Å². The van der Waals surface area contributed by atoms with Crippen molar-refractivity contribution in [2.24, 2.45) is 10.6 Å². The van der Waals surface area contributed by atoms with E-state index in [-0.39, 0.29) is 13.2 Å². The maximum absolute atomic E-state index is 12.2. The molecule has 0 radical (unpaired) electrons. The van der Waals surface area contributed by atoms with Crippen molar-refractivity contribution in [3.63, 3.8) is 0 Å². The number of nitrogens with zero attached hydrogens (tertiary/aromatic N) is 1. The first kappa shape index (κ1) is 27.0. The molecule has 0 aromatic carbocycles. The second-order valence-corrected chi connectivity index (χ2v) is 10.8. The minimum atomic E-state index is -4.31. The molecular formula is C18H37N2O7P. The summed E-state index contributed by atoms with van der Waals surface area (Å²) < 4.78 is 21.9. The van der Waals surface area contributed by atoms with E-state index >= 15 is 0 Å². The van der Waals surface area contributed by atoms with Crippen LogP contribution in [0.3, 0.4) is 0 Å². The van der Waals surface area contributed by atoms with Crippen molar-refractivity contribution >= 4 is 19.4 Å². The number of rotatable bonds is 10. The minimum Gasteiger partial charge on any atom is -0.390 e. The number of carbonyl (C=O) groups excluding carboxylic acids is 1. The smallest absolute Gasteiger partial charge is 0.390 e. The van der Waals surface area contributed by atoms with E-state index in [1.54, 1.807) is 41.5 Å². The molecule has 0 aliphatic heterocycles. The van der Waals surface area contributed by atoms with E-state index < -0.39 is 36.5 Å². The standard InChI is InChI=1S/C18H37N2O7P/c1-13(20-26-16(2,3)4)10-11-19-15(22)14(21)18(8,9)12-25-28(23,24)27-17(5,6)7/h14,21H,10-12H2,1-9H3,(H,19,22)(H,23,24)/b20-13+. The number of nitrogens with one attached hydrogen (secondary N) is 1. The Kier molecular flexibility index (Phi) is 9.80. The fourth-order valence-electron chi connectivity index (χ4n) is 1.78. The summed E-state index contributed by atoms with van der Waals surface area (Å²) in [5, 5.41) is 16.9. The van der Waals surface area contributed by atoms with Crippen molar-refractivity contribution < 1.29 is 33.2 Å². The van der Waals surface area contributed by atoms with Gasteiger partial charge in [-0.1, -0.05) is 19.0 Å². The van der Waals surface area contributed by atoms with Gasteiger partial charge >= 0.3 is 7.82 Å². The predicted molar refractivity (Wildman–Crippen MR) is 108 cm³/mol. The predicted octanol–water partition coefficient (Wildman–Crippen LogP) is 3.00. The average Bonchev–Trinajstić information content (AvgIpc) is 2.47. The summed E-state index contributed by atoms with van der Waals surface area (Å²) in [4.78, 5) is 27.2. The third-order valence-electron chi connectivity index (χ3n) is 3.24. The fourth-order valence-corrected chi connectivity index (χ4v) is 3.02. The Morgan fingerprint density at radius 2 is 1.64 bits per heavy atom. The molecule has 0 saturated heterocycles. The quantitative estimate of drug-likeness (QED) is 0.279.